The van der Waals surface area contributed by atoms with Gasteiger partial charge in [0, 0.05) is 24.5 Å². The molecule has 1 aromatic heterocycles. The Kier molecular flexibility index (Phi) is 5.38. The molecule has 0 spiro atoms. The summed E-state index contributed by atoms with van der Waals surface area (Å²) in [5, 5.41) is 1.90. The van der Waals surface area contributed by atoms with E-state index in [1.807, 2.05) is 5.32 Å². The van der Waals surface area contributed by atoms with Crippen LogP contribution in [0.2, 0.25) is 0 Å². The number of pyridine rings is 1. The van der Waals surface area contributed by atoms with Gasteiger partial charge in [-0.05, 0) is 29.5 Å². The number of hydrogen-bond donors (Lipinski definition) is 1. The third-order valence-electron chi connectivity index (χ3n) is 5.95. The van der Waals surface area contributed by atoms with Crippen LogP contribution in [0.1, 0.15) is 42.6 Å². The van der Waals surface area contributed by atoms with Gasteiger partial charge in [-0.25, -0.2) is 0 Å². The van der Waals surface area contributed by atoms with Crippen molar-refractivity contribution in [2.24, 2.45) is 5.41 Å². The zero-order valence-corrected chi connectivity index (χ0v) is 18.1. The summed E-state index contributed by atoms with van der Waals surface area (Å²) in [6.45, 7) is 3.38. The Hall–Kier alpha value is -3.49. The average molecular weight is 457 g/mol. The Bertz CT molecular complexity index is 1140. The lowest BCUT2D eigenvalue weighted by Crippen LogP contribution is -2.66. The molecule has 2 amide bonds. The first-order valence-corrected chi connectivity index (χ1v) is 10.4. The highest BCUT2D eigenvalue weighted by molar-refractivity contribution is 6.14. The van der Waals surface area contributed by atoms with Gasteiger partial charge in [-0.3, -0.25) is 19.4 Å². The summed E-state index contributed by atoms with van der Waals surface area (Å²) in [5.41, 5.74) is -4.33. The van der Waals surface area contributed by atoms with Gasteiger partial charge in [0.25, 0.3) is 11.8 Å². The second-order valence-corrected chi connectivity index (χ2v) is 9.08. The number of hydrogen-bond acceptors (Lipinski definition) is 4. The molecule has 2 heterocycles. The van der Waals surface area contributed by atoms with E-state index < -0.39 is 40.3 Å². The van der Waals surface area contributed by atoms with E-state index in [1.54, 1.807) is 44.2 Å². The fraction of sp³-hybridized carbons (Fsp3) is 0.333. The van der Waals surface area contributed by atoms with Crippen LogP contribution in [0.4, 0.5) is 13.2 Å². The normalized spacial score (nSPS) is 22.4. The van der Waals surface area contributed by atoms with E-state index in [0.717, 1.165) is 11.1 Å². The second kappa shape index (κ2) is 7.83. The first kappa shape index (κ1) is 22.7. The fourth-order valence-corrected chi connectivity index (χ4v) is 4.50. The van der Waals surface area contributed by atoms with Gasteiger partial charge in [0.05, 0.1) is 17.7 Å². The van der Waals surface area contributed by atoms with Crippen LogP contribution in [0, 0.1) is 5.41 Å². The molecule has 1 atom stereocenters. The highest BCUT2D eigenvalue weighted by atomic mass is 19.4. The highest BCUT2D eigenvalue weighted by Gasteiger charge is 2.71. The minimum absolute atomic E-state index is 0.00825. The van der Waals surface area contributed by atoms with Crippen LogP contribution in [-0.4, -0.2) is 39.2 Å². The van der Waals surface area contributed by atoms with Gasteiger partial charge in [-0.2, -0.15) is 13.2 Å². The van der Waals surface area contributed by atoms with Crippen molar-refractivity contribution in [3.05, 3.63) is 77.3 Å². The maximum atomic E-state index is 14.7. The zero-order valence-electron chi connectivity index (χ0n) is 18.1. The molecule has 1 aliphatic heterocycles. The average Bonchev–Trinajstić information content (AvgIpc) is 2.97. The van der Waals surface area contributed by atoms with Gasteiger partial charge in [-0.15, -0.1) is 0 Å². The molecular weight excluding hydrogens is 435 g/mol. The molecule has 0 saturated heterocycles. The molecule has 1 aliphatic carbocycles. The predicted octanol–water partition coefficient (Wildman–Crippen LogP) is 3.80. The van der Waals surface area contributed by atoms with E-state index in [4.69, 9.17) is 0 Å². The van der Waals surface area contributed by atoms with Gasteiger partial charge < -0.3 is 10.2 Å². The SMILES string of the molecule is CC1(C)CC(=O)C2=C(C1)N(Cc1ccccc1)C(=O)C2(NC(=O)c1cccnc1)C(F)(F)F. The smallest absolute Gasteiger partial charge is 0.326 e. The summed E-state index contributed by atoms with van der Waals surface area (Å²) in [6, 6.07) is 11.2. The van der Waals surface area contributed by atoms with E-state index in [-0.39, 0.29) is 30.6 Å². The van der Waals surface area contributed by atoms with Crippen LogP contribution in [0.15, 0.2) is 66.1 Å². The number of amides is 2. The number of nitrogens with one attached hydrogen (secondary N) is 1. The van der Waals surface area contributed by atoms with Gasteiger partial charge in [0.15, 0.2) is 5.78 Å². The number of allylic oxidation sites excluding steroid dienone is 1. The number of nitrogens with zero attached hydrogens (tertiary/aromatic N) is 2. The number of Topliss-reactive ketones (excluding diaryl/α,β-unsaturated/α-hetero) is 1. The minimum Gasteiger partial charge on any atom is -0.326 e. The van der Waals surface area contributed by atoms with E-state index >= 15 is 0 Å². The number of alkyl halides is 3. The summed E-state index contributed by atoms with van der Waals surface area (Å²) >= 11 is 0. The molecule has 4 rings (SSSR count). The van der Waals surface area contributed by atoms with Crippen LogP contribution in [-0.2, 0) is 16.1 Å². The zero-order chi connectivity index (χ0) is 24.0. The van der Waals surface area contributed by atoms with Crippen molar-refractivity contribution in [3.8, 4) is 0 Å². The molecular formula is C24H22F3N3O3. The van der Waals surface area contributed by atoms with Crippen LogP contribution < -0.4 is 5.32 Å². The Morgan fingerprint density at radius 2 is 1.79 bits per heavy atom. The maximum Gasteiger partial charge on any atom is 0.425 e. The first-order chi connectivity index (χ1) is 15.5. The molecule has 1 N–H and O–H groups in total. The number of rotatable bonds is 4. The Morgan fingerprint density at radius 1 is 1.09 bits per heavy atom. The lowest BCUT2D eigenvalue weighted by Gasteiger charge is -2.35. The molecule has 0 fully saturated rings. The number of ketones is 1. The molecule has 0 radical (unpaired) electrons. The van der Waals surface area contributed by atoms with Crippen LogP contribution in [0.3, 0.4) is 0 Å². The Labute approximate surface area is 188 Å². The summed E-state index contributed by atoms with van der Waals surface area (Å²) in [5.74, 6) is -3.32. The van der Waals surface area contributed by atoms with Crippen molar-refractivity contribution in [2.75, 3.05) is 0 Å². The van der Waals surface area contributed by atoms with Crippen molar-refractivity contribution in [3.63, 3.8) is 0 Å². The van der Waals surface area contributed by atoms with E-state index in [0.29, 0.717) is 5.56 Å². The van der Waals surface area contributed by atoms with E-state index in [1.165, 1.54) is 18.3 Å². The van der Waals surface area contributed by atoms with Crippen molar-refractivity contribution >= 4 is 17.6 Å². The molecule has 0 bridgehead atoms. The second-order valence-electron chi connectivity index (χ2n) is 9.08. The lowest BCUT2D eigenvalue weighted by atomic mass is 9.72. The Balaban J connectivity index is 1.88. The van der Waals surface area contributed by atoms with Gasteiger partial charge >= 0.3 is 6.18 Å². The molecule has 172 valence electrons. The van der Waals surface area contributed by atoms with Gasteiger partial charge in [0.2, 0.25) is 5.54 Å². The summed E-state index contributed by atoms with van der Waals surface area (Å²) in [7, 11) is 0. The summed E-state index contributed by atoms with van der Waals surface area (Å²) in [6.07, 6.45) is -2.86. The molecule has 6 nitrogen and oxygen atoms in total. The third-order valence-corrected chi connectivity index (χ3v) is 5.95. The van der Waals surface area contributed by atoms with E-state index in [2.05, 4.69) is 4.98 Å². The van der Waals surface area contributed by atoms with Crippen molar-refractivity contribution in [1.29, 1.82) is 0 Å². The van der Waals surface area contributed by atoms with Crippen LogP contribution >= 0.6 is 0 Å². The standard InChI is InChI=1S/C24H22F3N3O3/c1-22(2)11-17-19(18(31)12-22)23(24(25,26)27,29-20(32)16-9-6-10-28-13-16)21(33)30(17)14-15-7-4-3-5-8-15/h3-10,13H,11-12,14H2,1-2H3,(H,29,32). The Morgan fingerprint density at radius 3 is 2.39 bits per heavy atom. The van der Waals surface area contributed by atoms with Crippen molar-refractivity contribution in [2.45, 2.75) is 44.9 Å². The van der Waals surface area contributed by atoms with Gasteiger partial charge in [-0.1, -0.05) is 44.2 Å². The fourth-order valence-electron chi connectivity index (χ4n) is 4.50. The number of halogens is 3. The van der Waals surface area contributed by atoms with Crippen LogP contribution in [0.25, 0.3) is 0 Å². The maximum absolute atomic E-state index is 14.7. The number of benzene rings is 1. The topological polar surface area (TPSA) is 79.4 Å². The predicted molar refractivity (Wildman–Crippen MR) is 113 cm³/mol. The van der Waals surface area contributed by atoms with Crippen molar-refractivity contribution < 1.29 is 27.6 Å². The largest absolute Gasteiger partial charge is 0.425 e. The molecule has 2 aromatic rings. The molecule has 0 saturated carbocycles. The van der Waals surface area contributed by atoms with Gasteiger partial charge in [0.1, 0.15) is 0 Å². The first-order valence-electron chi connectivity index (χ1n) is 10.4. The van der Waals surface area contributed by atoms with E-state index in [9.17, 15) is 27.6 Å². The van der Waals surface area contributed by atoms with Crippen LogP contribution in [0.5, 0.6) is 0 Å². The molecule has 9 heteroatoms. The molecule has 1 aromatic carbocycles. The quantitative estimate of drug-likeness (QED) is 0.758. The van der Waals surface area contributed by atoms with Crippen molar-refractivity contribution in [1.82, 2.24) is 15.2 Å². The summed E-state index contributed by atoms with van der Waals surface area (Å²) < 4.78 is 44.2. The number of carbonyl (C=O) groups is 3. The lowest BCUT2D eigenvalue weighted by molar-refractivity contribution is -0.190. The number of carbonyl (C=O) groups excluding carboxylic acids is 3. The minimum atomic E-state index is -5.24. The highest BCUT2D eigenvalue weighted by Crippen LogP contribution is 2.52. The molecule has 1 unspecified atom stereocenters. The third kappa shape index (κ3) is 3.81. The molecule has 2 aliphatic rings. The monoisotopic (exact) mass is 457 g/mol. The number of aromatic nitrogens is 1. The molecule has 33 heavy (non-hydrogen) atoms. The summed E-state index contributed by atoms with van der Waals surface area (Å²) in [4.78, 5) is 44.2.